The molecule has 1 aromatic heterocycles. The van der Waals surface area contributed by atoms with Crippen LogP contribution in [0.5, 0.6) is 0 Å². The number of hydrogen-bond acceptors (Lipinski definition) is 2. The number of hydrogen-bond donors (Lipinski definition) is 3. The first-order valence-corrected chi connectivity index (χ1v) is 6.33. The van der Waals surface area contributed by atoms with E-state index in [1.807, 2.05) is 6.92 Å². The molecule has 6 heteroatoms. The fourth-order valence-corrected chi connectivity index (χ4v) is 2.01. The Hall–Kier alpha value is -2.37. The number of aliphatic carboxylic acids is 1. The number of carbonyl (C=O) groups excluding carboxylic acids is 1. The minimum atomic E-state index is -1.07. The van der Waals surface area contributed by atoms with Crippen LogP contribution >= 0.6 is 0 Å². The normalized spacial score (nSPS) is 12.3. The number of aromatic amines is 1. The lowest BCUT2D eigenvalue weighted by Crippen LogP contribution is -2.40. The van der Waals surface area contributed by atoms with Crippen LogP contribution in [0.15, 0.2) is 24.3 Å². The number of carbonyl (C=O) groups is 2. The number of carboxylic acids is 1. The molecule has 0 aliphatic carbocycles. The summed E-state index contributed by atoms with van der Waals surface area (Å²) in [6.45, 7) is 1.84. The highest BCUT2D eigenvalue weighted by atomic mass is 19.1. The summed E-state index contributed by atoms with van der Waals surface area (Å²) in [5, 5.41) is 12.0. The molecule has 2 aromatic rings. The van der Waals surface area contributed by atoms with Gasteiger partial charge in [0.2, 0.25) is 0 Å². The molecule has 5 nitrogen and oxygen atoms in total. The fraction of sp³-hybridized carbons (Fsp3) is 0.286. The molecule has 1 atom stereocenters. The van der Waals surface area contributed by atoms with Gasteiger partial charge in [0.1, 0.15) is 17.6 Å². The zero-order valence-corrected chi connectivity index (χ0v) is 10.9. The Balaban J connectivity index is 2.20. The Labute approximate surface area is 114 Å². The van der Waals surface area contributed by atoms with Crippen molar-refractivity contribution in [2.45, 2.75) is 25.8 Å². The average molecular weight is 278 g/mol. The average Bonchev–Trinajstić information content (AvgIpc) is 2.80. The van der Waals surface area contributed by atoms with Crippen molar-refractivity contribution in [3.63, 3.8) is 0 Å². The van der Waals surface area contributed by atoms with Gasteiger partial charge in [-0.15, -0.1) is 0 Å². The third kappa shape index (κ3) is 2.96. The lowest BCUT2D eigenvalue weighted by atomic mass is 10.1. The van der Waals surface area contributed by atoms with E-state index in [0.717, 1.165) is 0 Å². The van der Waals surface area contributed by atoms with Gasteiger partial charge in [-0.05, 0) is 30.7 Å². The second-order valence-electron chi connectivity index (χ2n) is 4.57. The minimum absolute atomic E-state index is 0.216. The van der Waals surface area contributed by atoms with E-state index in [4.69, 9.17) is 5.11 Å². The molecule has 20 heavy (non-hydrogen) atoms. The zero-order valence-electron chi connectivity index (χ0n) is 10.9. The molecule has 0 bridgehead atoms. The van der Waals surface area contributed by atoms with Gasteiger partial charge < -0.3 is 15.4 Å². The van der Waals surface area contributed by atoms with Gasteiger partial charge in [0.25, 0.3) is 5.91 Å². The SMILES string of the molecule is CCCC(NC(=O)c1cc2cc(F)ccc2[nH]1)C(=O)O. The number of nitrogens with one attached hydrogen (secondary N) is 2. The van der Waals surface area contributed by atoms with Crippen molar-refractivity contribution in [1.82, 2.24) is 10.3 Å². The highest BCUT2D eigenvalue weighted by Gasteiger charge is 2.20. The molecule has 3 N–H and O–H groups in total. The van der Waals surface area contributed by atoms with Crippen LogP contribution in [0.25, 0.3) is 10.9 Å². The van der Waals surface area contributed by atoms with Crippen molar-refractivity contribution in [2.24, 2.45) is 0 Å². The number of fused-ring (bicyclic) bond motifs is 1. The van der Waals surface area contributed by atoms with E-state index >= 15 is 0 Å². The Morgan fingerprint density at radius 3 is 2.80 bits per heavy atom. The first-order chi connectivity index (χ1) is 9.51. The lowest BCUT2D eigenvalue weighted by molar-refractivity contribution is -0.139. The Kier molecular flexibility index (Phi) is 4.02. The summed E-state index contributed by atoms with van der Waals surface area (Å²) in [5.41, 5.74) is 0.840. The Morgan fingerprint density at radius 1 is 1.40 bits per heavy atom. The maximum atomic E-state index is 13.1. The topological polar surface area (TPSA) is 82.2 Å². The molecule has 0 spiro atoms. The van der Waals surface area contributed by atoms with Crippen LogP contribution < -0.4 is 5.32 Å². The summed E-state index contributed by atoms with van der Waals surface area (Å²) in [6.07, 6.45) is 1.01. The summed E-state index contributed by atoms with van der Waals surface area (Å²) in [4.78, 5) is 25.8. The molecule has 1 unspecified atom stereocenters. The standard InChI is InChI=1S/C14H15FN2O3/c1-2-3-11(14(19)20)17-13(18)12-7-8-6-9(15)4-5-10(8)16-12/h4-7,11,16H,2-3H2,1H3,(H,17,18)(H,19,20). The van der Waals surface area contributed by atoms with Gasteiger partial charge in [-0.3, -0.25) is 4.79 Å². The van der Waals surface area contributed by atoms with Crippen LogP contribution in [-0.2, 0) is 4.79 Å². The lowest BCUT2D eigenvalue weighted by Gasteiger charge is -2.12. The molecule has 106 valence electrons. The van der Waals surface area contributed by atoms with Crippen LogP contribution in [0.2, 0.25) is 0 Å². The number of H-pyrrole nitrogens is 1. The molecule has 0 fully saturated rings. The van der Waals surface area contributed by atoms with Crippen molar-refractivity contribution in [3.05, 3.63) is 35.8 Å². The van der Waals surface area contributed by atoms with E-state index in [1.54, 1.807) is 0 Å². The molecule has 0 saturated heterocycles. The second kappa shape index (κ2) is 5.73. The van der Waals surface area contributed by atoms with E-state index in [2.05, 4.69) is 10.3 Å². The number of halogens is 1. The van der Waals surface area contributed by atoms with Crippen LogP contribution in [0.3, 0.4) is 0 Å². The molecule has 1 heterocycles. The van der Waals surface area contributed by atoms with Gasteiger partial charge in [0, 0.05) is 10.9 Å². The van der Waals surface area contributed by atoms with Gasteiger partial charge in [-0.25, -0.2) is 9.18 Å². The molecule has 1 amide bonds. The van der Waals surface area contributed by atoms with Gasteiger partial charge >= 0.3 is 5.97 Å². The maximum Gasteiger partial charge on any atom is 0.326 e. The van der Waals surface area contributed by atoms with Crippen molar-refractivity contribution in [3.8, 4) is 0 Å². The fourth-order valence-electron chi connectivity index (χ4n) is 2.01. The quantitative estimate of drug-likeness (QED) is 0.784. The predicted molar refractivity (Wildman–Crippen MR) is 72.1 cm³/mol. The first-order valence-electron chi connectivity index (χ1n) is 6.33. The highest BCUT2D eigenvalue weighted by Crippen LogP contribution is 2.16. The van der Waals surface area contributed by atoms with Gasteiger partial charge in [0.15, 0.2) is 0 Å². The van der Waals surface area contributed by atoms with Crippen molar-refractivity contribution < 1.29 is 19.1 Å². The summed E-state index contributed by atoms with van der Waals surface area (Å²) < 4.78 is 13.1. The van der Waals surface area contributed by atoms with E-state index < -0.39 is 23.7 Å². The van der Waals surface area contributed by atoms with Crippen LogP contribution in [0.4, 0.5) is 4.39 Å². The number of aromatic nitrogens is 1. The zero-order chi connectivity index (χ0) is 14.7. The van der Waals surface area contributed by atoms with Crippen LogP contribution in [0, 0.1) is 5.82 Å². The number of rotatable bonds is 5. The third-order valence-electron chi connectivity index (χ3n) is 3.01. The smallest absolute Gasteiger partial charge is 0.326 e. The summed E-state index contributed by atoms with van der Waals surface area (Å²) in [6, 6.07) is 4.71. The number of benzene rings is 1. The molecule has 0 aliphatic rings. The van der Waals surface area contributed by atoms with Crippen molar-refractivity contribution in [2.75, 3.05) is 0 Å². The van der Waals surface area contributed by atoms with E-state index in [0.29, 0.717) is 23.7 Å². The Bertz CT molecular complexity index is 651. The molecular weight excluding hydrogens is 263 g/mol. The molecule has 0 aliphatic heterocycles. The highest BCUT2D eigenvalue weighted by molar-refractivity contribution is 5.99. The van der Waals surface area contributed by atoms with Crippen LogP contribution in [-0.4, -0.2) is 28.0 Å². The van der Waals surface area contributed by atoms with E-state index in [1.165, 1.54) is 24.3 Å². The van der Waals surface area contributed by atoms with Crippen molar-refractivity contribution in [1.29, 1.82) is 0 Å². The van der Waals surface area contributed by atoms with Crippen molar-refractivity contribution >= 4 is 22.8 Å². The first kappa shape index (κ1) is 14.0. The van der Waals surface area contributed by atoms with E-state index in [-0.39, 0.29) is 5.69 Å². The summed E-state index contributed by atoms with van der Waals surface area (Å²) >= 11 is 0. The van der Waals surface area contributed by atoms with Gasteiger partial charge in [-0.2, -0.15) is 0 Å². The molecule has 0 radical (unpaired) electrons. The predicted octanol–water partition coefficient (Wildman–Crippen LogP) is 2.29. The molecule has 2 rings (SSSR count). The van der Waals surface area contributed by atoms with Crippen LogP contribution in [0.1, 0.15) is 30.3 Å². The third-order valence-corrected chi connectivity index (χ3v) is 3.01. The Morgan fingerprint density at radius 2 is 2.15 bits per heavy atom. The maximum absolute atomic E-state index is 13.1. The number of amides is 1. The minimum Gasteiger partial charge on any atom is -0.480 e. The summed E-state index contributed by atoms with van der Waals surface area (Å²) in [7, 11) is 0. The molecule has 0 saturated carbocycles. The van der Waals surface area contributed by atoms with Gasteiger partial charge in [0.05, 0.1) is 0 Å². The van der Waals surface area contributed by atoms with E-state index in [9.17, 15) is 14.0 Å². The summed E-state index contributed by atoms with van der Waals surface area (Å²) in [5.74, 6) is -1.97. The van der Waals surface area contributed by atoms with Gasteiger partial charge in [-0.1, -0.05) is 13.3 Å². The molecule has 1 aromatic carbocycles. The largest absolute Gasteiger partial charge is 0.480 e. The number of carboxylic acid groups (broad SMARTS) is 1. The second-order valence-corrected chi connectivity index (χ2v) is 4.57. The molecular formula is C14H15FN2O3. The monoisotopic (exact) mass is 278 g/mol.